The van der Waals surface area contributed by atoms with Gasteiger partial charge < -0.3 is 19.5 Å². The second-order valence-electron chi connectivity index (χ2n) is 8.67. The van der Waals surface area contributed by atoms with Gasteiger partial charge >= 0.3 is 0 Å². The Kier molecular flexibility index (Phi) is 6.08. The molecule has 10 nitrogen and oxygen atoms in total. The van der Waals surface area contributed by atoms with Gasteiger partial charge in [-0.2, -0.15) is 5.10 Å². The number of piperidine rings is 1. The normalized spacial score (nSPS) is 18.1. The smallest absolute Gasteiger partial charge is 0.289 e. The first-order chi connectivity index (χ1) is 14.9. The molecule has 2 aromatic heterocycles. The van der Waals surface area contributed by atoms with Crippen molar-refractivity contribution in [3.63, 3.8) is 0 Å². The molecule has 31 heavy (non-hydrogen) atoms. The van der Waals surface area contributed by atoms with Crippen LogP contribution in [-0.2, 0) is 24.9 Å². The molecule has 2 aliphatic heterocycles. The maximum absolute atomic E-state index is 12.9. The number of fused-ring (bicyclic) bond motifs is 1. The molecule has 168 valence electrons. The third-order valence-corrected chi connectivity index (χ3v) is 6.53. The van der Waals surface area contributed by atoms with Crippen molar-refractivity contribution in [2.45, 2.75) is 58.7 Å². The van der Waals surface area contributed by atoms with Gasteiger partial charge in [-0.15, -0.1) is 10.2 Å². The number of carbonyl (C=O) groups excluding carboxylic acids is 2. The molecular formula is C21H31N7O3. The summed E-state index contributed by atoms with van der Waals surface area (Å²) in [6.45, 7) is 6.91. The largest absolute Gasteiger partial charge is 0.373 e. The lowest BCUT2D eigenvalue weighted by Crippen LogP contribution is -2.47. The average Bonchev–Trinajstić information content (AvgIpc) is 3.34. The number of hydrogen-bond donors (Lipinski definition) is 1. The van der Waals surface area contributed by atoms with Crippen molar-refractivity contribution in [3.05, 3.63) is 29.6 Å². The number of rotatable bonds is 5. The first-order valence-corrected chi connectivity index (χ1v) is 11.0. The van der Waals surface area contributed by atoms with E-state index in [0.717, 1.165) is 25.7 Å². The van der Waals surface area contributed by atoms with Crippen molar-refractivity contribution in [2.75, 3.05) is 19.7 Å². The molecule has 2 amide bonds. The molecule has 0 unspecified atom stereocenters. The molecule has 0 bridgehead atoms. The molecule has 2 aliphatic rings. The molecule has 4 heterocycles. The number of likely N-dealkylation sites (tertiary alicyclic amines) is 1. The van der Waals surface area contributed by atoms with Crippen LogP contribution < -0.4 is 5.32 Å². The van der Waals surface area contributed by atoms with Crippen LogP contribution in [0.15, 0.2) is 12.3 Å². The van der Waals surface area contributed by atoms with Crippen molar-refractivity contribution in [1.29, 1.82) is 0 Å². The molecule has 10 heteroatoms. The summed E-state index contributed by atoms with van der Waals surface area (Å²) in [5.41, 5.74) is 0.315. The van der Waals surface area contributed by atoms with E-state index < -0.39 is 0 Å². The van der Waals surface area contributed by atoms with Crippen LogP contribution >= 0.6 is 0 Å². The van der Waals surface area contributed by atoms with E-state index in [2.05, 4.69) is 34.5 Å². The lowest BCUT2D eigenvalue weighted by Gasteiger charge is -2.40. The van der Waals surface area contributed by atoms with Crippen molar-refractivity contribution in [1.82, 2.24) is 34.8 Å². The van der Waals surface area contributed by atoms with E-state index in [4.69, 9.17) is 4.74 Å². The summed E-state index contributed by atoms with van der Waals surface area (Å²) in [7, 11) is 1.80. The zero-order chi connectivity index (χ0) is 22.0. The van der Waals surface area contributed by atoms with Crippen LogP contribution in [0.2, 0.25) is 0 Å². The highest BCUT2D eigenvalue weighted by molar-refractivity contribution is 5.92. The van der Waals surface area contributed by atoms with Crippen molar-refractivity contribution < 1.29 is 14.3 Å². The second-order valence-corrected chi connectivity index (χ2v) is 8.67. The number of hydrogen-bond acceptors (Lipinski definition) is 6. The number of aryl methyl sites for hydroxylation is 1. The number of carbonyl (C=O) groups is 2. The summed E-state index contributed by atoms with van der Waals surface area (Å²) in [5, 5.41) is 15.7. The van der Waals surface area contributed by atoms with Gasteiger partial charge in [0.2, 0.25) is 5.82 Å². The maximum atomic E-state index is 12.9. The monoisotopic (exact) mass is 429 g/mol. The van der Waals surface area contributed by atoms with Crippen LogP contribution in [0.25, 0.3) is 0 Å². The highest BCUT2D eigenvalue weighted by Gasteiger charge is 2.40. The summed E-state index contributed by atoms with van der Waals surface area (Å²) < 4.78 is 9.50. The van der Waals surface area contributed by atoms with Gasteiger partial charge in [0, 0.05) is 44.3 Å². The first-order valence-electron chi connectivity index (χ1n) is 11.0. The second kappa shape index (κ2) is 8.78. The predicted molar refractivity (Wildman–Crippen MR) is 112 cm³/mol. The van der Waals surface area contributed by atoms with Crippen molar-refractivity contribution in [2.24, 2.45) is 12.5 Å². The fraction of sp³-hybridized carbons (Fsp3) is 0.667. The summed E-state index contributed by atoms with van der Waals surface area (Å²) in [4.78, 5) is 27.5. The topological polar surface area (TPSA) is 107 Å². The Balaban J connectivity index is 1.47. The van der Waals surface area contributed by atoms with Crippen molar-refractivity contribution in [3.8, 4) is 0 Å². The van der Waals surface area contributed by atoms with Gasteiger partial charge in [-0.3, -0.25) is 14.3 Å². The van der Waals surface area contributed by atoms with Gasteiger partial charge in [-0.05, 0) is 31.7 Å². The Labute approximate surface area is 181 Å². The van der Waals surface area contributed by atoms with Crippen LogP contribution in [-0.4, -0.2) is 67.0 Å². The highest BCUT2D eigenvalue weighted by Crippen LogP contribution is 2.36. The third-order valence-electron chi connectivity index (χ3n) is 6.53. The molecule has 0 saturated carbocycles. The molecule has 0 atom stereocenters. The lowest BCUT2D eigenvalue weighted by molar-refractivity contribution is -0.00217. The minimum Gasteiger partial charge on any atom is -0.373 e. The van der Waals surface area contributed by atoms with Crippen LogP contribution in [0, 0.1) is 5.41 Å². The van der Waals surface area contributed by atoms with Crippen LogP contribution in [0.3, 0.4) is 0 Å². The molecule has 1 fully saturated rings. The lowest BCUT2D eigenvalue weighted by atomic mass is 9.78. The van der Waals surface area contributed by atoms with Gasteiger partial charge in [0.15, 0.2) is 5.82 Å². The number of amides is 2. The van der Waals surface area contributed by atoms with E-state index in [1.54, 1.807) is 24.0 Å². The summed E-state index contributed by atoms with van der Waals surface area (Å²) in [6.07, 6.45) is 5.10. The maximum Gasteiger partial charge on any atom is 0.289 e. The number of aromatic nitrogens is 5. The molecule has 0 aromatic carbocycles. The summed E-state index contributed by atoms with van der Waals surface area (Å²) in [5.74, 6) is 0.796. The number of ether oxygens (including phenoxy) is 1. The minimum absolute atomic E-state index is 0.0415. The van der Waals surface area contributed by atoms with E-state index in [9.17, 15) is 9.59 Å². The zero-order valence-corrected chi connectivity index (χ0v) is 18.5. The Morgan fingerprint density at radius 3 is 2.61 bits per heavy atom. The molecule has 0 radical (unpaired) electrons. The Hall–Kier alpha value is -2.75. The molecule has 1 saturated heterocycles. The van der Waals surface area contributed by atoms with E-state index in [0.29, 0.717) is 50.2 Å². The van der Waals surface area contributed by atoms with Crippen LogP contribution in [0.4, 0.5) is 0 Å². The van der Waals surface area contributed by atoms with Gasteiger partial charge in [0.25, 0.3) is 11.8 Å². The standard InChI is InChI=1S/C21H31N7O3/c1-4-15(5-2)22-19(29)18-24-23-17-12-31-14-21(13-28(17)18)7-10-27(11-8-21)20(30)16-6-9-26(3)25-16/h6,9,15H,4-5,7-8,10-14H2,1-3H3,(H,22,29). The average molecular weight is 430 g/mol. The fourth-order valence-corrected chi connectivity index (χ4v) is 4.44. The highest BCUT2D eigenvalue weighted by atomic mass is 16.5. The molecular weight excluding hydrogens is 398 g/mol. The van der Waals surface area contributed by atoms with Gasteiger partial charge in [0.1, 0.15) is 12.3 Å². The fourth-order valence-electron chi connectivity index (χ4n) is 4.44. The zero-order valence-electron chi connectivity index (χ0n) is 18.5. The molecule has 2 aromatic rings. The van der Waals surface area contributed by atoms with Crippen LogP contribution in [0.5, 0.6) is 0 Å². The number of nitrogens with zero attached hydrogens (tertiary/aromatic N) is 6. The number of nitrogens with one attached hydrogen (secondary N) is 1. The Morgan fingerprint density at radius 2 is 1.97 bits per heavy atom. The molecule has 0 aliphatic carbocycles. The van der Waals surface area contributed by atoms with E-state index >= 15 is 0 Å². The predicted octanol–water partition coefficient (Wildman–Crippen LogP) is 1.38. The van der Waals surface area contributed by atoms with E-state index in [-0.39, 0.29) is 23.3 Å². The van der Waals surface area contributed by atoms with Gasteiger partial charge in [0.05, 0.1) is 6.61 Å². The Bertz CT molecular complexity index is 939. The SMILES string of the molecule is CCC(CC)NC(=O)c1nnc2n1CC1(CCN(C(=O)c3ccn(C)n3)CC1)COC2. The van der Waals surface area contributed by atoms with Gasteiger partial charge in [-0.1, -0.05) is 13.8 Å². The third kappa shape index (κ3) is 4.34. The first kappa shape index (κ1) is 21.5. The molecule has 1 N–H and O–H groups in total. The molecule has 4 rings (SSSR count). The molecule has 1 spiro atoms. The van der Waals surface area contributed by atoms with E-state index in [1.807, 2.05) is 9.47 Å². The summed E-state index contributed by atoms with van der Waals surface area (Å²) in [6, 6.07) is 1.87. The Morgan fingerprint density at radius 1 is 1.23 bits per heavy atom. The van der Waals surface area contributed by atoms with Crippen molar-refractivity contribution >= 4 is 11.8 Å². The quantitative estimate of drug-likeness (QED) is 0.770. The summed E-state index contributed by atoms with van der Waals surface area (Å²) >= 11 is 0. The van der Waals surface area contributed by atoms with E-state index in [1.165, 1.54) is 0 Å². The van der Waals surface area contributed by atoms with Crippen LogP contribution in [0.1, 0.15) is 66.5 Å². The minimum atomic E-state index is -0.188. The van der Waals surface area contributed by atoms with Gasteiger partial charge in [-0.25, -0.2) is 0 Å².